The molecule has 0 atom stereocenters. The zero-order chi connectivity index (χ0) is 20.2. The Kier molecular flexibility index (Phi) is 12.8. The SMILES string of the molecule is CCNC(=NCc1ccc(COC(C)C)cc1)NCC1(CCO)CCCCC1.I. The molecule has 5 nitrogen and oxygen atoms in total. The number of aliphatic hydroxyl groups is 1. The smallest absolute Gasteiger partial charge is 0.191 e. The maximum atomic E-state index is 9.51. The van der Waals surface area contributed by atoms with E-state index in [9.17, 15) is 5.11 Å². The van der Waals surface area contributed by atoms with E-state index in [0.717, 1.165) is 25.5 Å². The predicted molar refractivity (Wildman–Crippen MR) is 132 cm³/mol. The van der Waals surface area contributed by atoms with Crippen molar-refractivity contribution >= 4 is 29.9 Å². The number of nitrogens with one attached hydrogen (secondary N) is 2. The van der Waals surface area contributed by atoms with Gasteiger partial charge in [-0.3, -0.25) is 0 Å². The third-order valence-corrected chi connectivity index (χ3v) is 5.56. The van der Waals surface area contributed by atoms with Gasteiger partial charge >= 0.3 is 0 Å². The molecule has 1 saturated carbocycles. The molecule has 0 bridgehead atoms. The van der Waals surface area contributed by atoms with E-state index in [4.69, 9.17) is 9.73 Å². The van der Waals surface area contributed by atoms with Crippen LogP contribution in [0, 0.1) is 5.41 Å². The molecule has 0 aromatic heterocycles. The molecular weight excluding hydrogens is 477 g/mol. The topological polar surface area (TPSA) is 65.9 Å². The third kappa shape index (κ3) is 9.66. The minimum atomic E-state index is 0. The molecule has 1 aliphatic carbocycles. The lowest BCUT2D eigenvalue weighted by atomic mass is 9.72. The van der Waals surface area contributed by atoms with Crippen LogP contribution in [-0.4, -0.2) is 36.9 Å². The molecule has 1 fully saturated rings. The van der Waals surface area contributed by atoms with Crippen LogP contribution in [0.15, 0.2) is 29.3 Å². The third-order valence-electron chi connectivity index (χ3n) is 5.56. The molecule has 0 radical (unpaired) electrons. The van der Waals surface area contributed by atoms with Crippen molar-refractivity contribution in [2.24, 2.45) is 10.4 Å². The minimum absolute atomic E-state index is 0. The number of ether oxygens (including phenoxy) is 1. The molecule has 0 spiro atoms. The summed E-state index contributed by atoms with van der Waals surface area (Å²) in [5.74, 6) is 0.859. The Morgan fingerprint density at radius 3 is 2.34 bits per heavy atom. The number of aliphatic imine (C=N–C) groups is 1. The van der Waals surface area contributed by atoms with Crippen LogP contribution >= 0.6 is 24.0 Å². The number of nitrogens with zero attached hydrogens (tertiary/aromatic N) is 1. The summed E-state index contributed by atoms with van der Waals surface area (Å²) < 4.78 is 5.65. The van der Waals surface area contributed by atoms with E-state index in [1.807, 2.05) is 0 Å². The van der Waals surface area contributed by atoms with Crippen molar-refractivity contribution in [1.82, 2.24) is 10.6 Å². The van der Waals surface area contributed by atoms with E-state index in [-0.39, 0.29) is 42.1 Å². The highest BCUT2D eigenvalue weighted by Crippen LogP contribution is 2.38. The average Bonchev–Trinajstić information content (AvgIpc) is 2.70. The predicted octanol–water partition coefficient (Wildman–Crippen LogP) is 4.62. The van der Waals surface area contributed by atoms with Crippen molar-refractivity contribution in [3.8, 4) is 0 Å². The van der Waals surface area contributed by atoms with Gasteiger partial charge in [0.25, 0.3) is 0 Å². The van der Waals surface area contributed by atoms with Gasteiger partial charge in [-0.15, -0.1) is 24.0 Å². The minimum Gasteiger partial charge on any atom is -0.396 e. The van der Waals surface area contributed by atoms with Gasteiger partial charge in [0.15, 0.2) is 5.96 Å². The maximum absolute atomic E-state index is 9.51. The Bertz CT molecular complexity index is 579. The van der Waals surface area contributed by atoms with Gasteiger partial charge in [-0.1, -0.05) is 43.5 Å². The first kappa shape index (κ1) is 26.2. The number of aliphatic hydroxyl groups excluding tert-OH is 1. The van der Waals surface area contributed by atoms with Gasteiger partial charge in [-0.25, -0.2) is 4.99 Å². The maximum Gasteiger partial charge on any atom is 0.191 e. The fraction of sp³-hybridized carbons (Fsp3) is 0.696. The van der Waals surface area contributed by atoms with Crippen molar-refractivity contribution in [3.63, 3.8) is 0 Å². The lowest BCUT2D eigenvalue weighted by Crippen LogP contribution is -2.44. The second kappa shape index (κ2) is 14.2. The molecule has 3 N–H and O–H groups in total. The van der Waals surface area contributed by atoms with E-state index in [0.29, 0.717) is 13.2 Å². The second-order valence-electron chi connectivity index (χ2n) is 8.26. The summed E-state index contributed by atoms with van der Waals surface area (Å²) >= 11 is 0. The van der Waals surface area contributed by atoms with E-state index in [1.165, 1.54) is 43.2 Å². The molecule has 1 aromatic rings. The van der Waals surface area contributed by atoms with Gasteiger partial charge in [0.1, 0.15) is 0 Å². The molecule has 0 amide bonds. The largest absolute Gasteiger partial charge is 0.396 e. The van der Waals surface area contributed by atoms with Crippen LogP contribution in [0.25, 0.3) is 0 Å². The molecule has 0 unspecified atom stereocenters. The summed E-state index contributed by atoms with van der Waals surface area (Å²) in [7, 11) is 0. The summed E-state index contributed by atoms with van der Waals surface area (Å²) in [6, 6.07) is 8.48. The fourth-order valence-electron chi connectivity index (χ4n) is 3.84. The molecule has 29 heavy (non-hydrogen) atoms. The van der Waals surface area contributed by atoms with Crippen LogP contribution in [-0.2, 0) is 17.9 Å². The lowest BCUT2D eigenvalue weighted by molar-refractivity contribution is 0.0657. The Morgan fingerprint density at radius 1 is 1.10 bits per heavy atom. The molecule has 1 aromatic carbocycles. The summed E-state index contributed by atoms with van der Waals surface area (Å²) in [5, 5.41) is 16.4. The van der Waals surface area contributed by atoms with Crippen LogP contribution in [0.4, 0.5) is 0 Å². The van der Waals surface area contributed by atoms with Crippen molar-refractivity contribution in [3.05, 3.63) is 35.4 Å². The summed E-state index contributed by atoms with van der Waals surface area (Å²) in [6.07, 6.45) is 7.36. The molecule has 1 aliphatic rings. The van der Waals surface area contributed by atoms with Gasteiger partial charge in [0.05, 0.1) is 19.3 Å². The Morgan fingerprint density at radius 2 is 1.76 bits per heavy atom. The van der Waals surface area contributed by atoms with E-state index in [2.05, 4.69) is 55.7 Å². The first-order valence-corrected chi connectivity index (χ1v) is 10.9. The number of hydrogen-bond donors (Lipinski definition) is 3. The molecule has 6 heteroatoms. The highest BCUT2D eigenvalue weighted by Gasteiger charge is 2.31. The van der Waals surface area contributed by atoms with Gasteiger partial charge in [0.2, 0.25) is 0 Å². The van der Waals surface area contributed by atoms with Crippen LogP contribution in [0.2, 0.25) is 0 Å². The Balaban J connectivity index is 0.00000420. The van der Waals surface area contributed by atoms with Gasteiger partial charge in [0, 0.05) is 19.7 Å². The van der Waals surface area contributed by atoms with Gasteiger partial charge in [-0.05, 0) is 56.6 Å². The average molecular weight is 517 g/mol. The number of halogens is 1. The van der Waals surface area contributed by atoms with Crippen LogP contribution in [0.3, 0.4) is 0 Å². The number of benzene rings is 1. The second-order valence-corrected chi connectivity index (χ2v) is 8.26. The molecule has 166 valence electrons. The van der Waals surface area contributed by atoms with E-state index in [1.54, 1.807) is 0 Å². The summed E-state index contributed by atoms with van der Waals surface area (Å²) in [5.41, 5.74) is 2.59. The highest BCUT2D eigenvalue weighted by atomic mass is 127. The zero-order valence-corrected chi connectivity index (χ0v) is 20.7. The Labute approximate surface area is 194 Å². The summed E-state index contributed by atoms with van der Waals surface area (Å²) in [6.45, 7) is 9.47. The number of guanidine groups is 1. The first-order chi connectivity index (χ1) is 13.6. The monoisotopic (exact) mass is 517 g/mol. The standard InChI is InChI=1S/C23H39N3O2.HI/c1-4-24-22(26-18-23(14-15-27)12-6-5-7-13-23)25-16-20-8-10-21(11-9-20)17-28-19(2)3;/h8-11,19,27H,4-7,12-18H2,1-3H3,(H2,24,25,26);1H. The van der Waals surface area contributed by atoms with Crippen molar-refractivity contribution < 1.29 is 9.84 Å². The highest BCUT2D eigenvalue weighted by molar-refractivity contribution is 14.0. The lowest BCUT2D eigenvalue weighted by Gasteiger charge is -2.37. The van der Waals surface area contributed by atoms with E-state index >= 15 is 0 Å². The quantitative estimate of drug-likeness (QED) is 0.241. The normalized spacial score (nSPS) is 16.4. The van der Waals surface area contributed by atoms with Gasteiger partial charge < -0.3 is 20.5 Å². The van der Waals surface area contributed by atoms with Crippen molar-refractivity contribution in [1.29, 1.82) is 0 Å². The first-order valence-electron chi connectivity index (χ1n) is 10.9. The van der Waals surface area contributed by atoms with E-state index < -0.39 is 0 Å². The molecule has 0 saturated heterocycles. The summed E-state index contributed by atoms with van der Waals surface area (Å²) in [4.78, 5) is 4.76. The van der Waals surface area contributed by atoms with Crippen LogP contribution in [0.1, 0.15) is 70.4 Å². The molecular formula is C23H40IN3O2. The number of rotatable bonds is 10. The van der Waals surface area contributed by atoms with Crippen molar-refractivity contribution in [2.75, 3.05) is 19.7 Å². The molecule has 0 heterocycles. The van der Waals surface area contributed by atoms with Crippen molar-refractivity contribution in [2.45, 2.75) is 78.6 Å². The zero-order valence-electron chi connectivity index (χ0n) is 18.4. The van der Waals surface area contributed by atoms with Crippen LogP contribution < -0.4 is 10.6 Å². The molecule has 2 rings (SSSR count). The molecule has 0 aliphatic heterocycles. The fourth-order valence-corrected chi connectivity index (χ4v) is 3.84. The Hall–Kier alpha value is -0.860. The van der Waals surface area contributed by atoms with Crippen LogP contribution in [0.5, 0.6) is 0 Å². The van der Waals surface area contributed by atoms with Gasteiger partial charge in [-0.2, -0.15) is 0 Å². The number of hydrogen-bond acceptors (Lipinski definition) is 3.